The third kappa shape index (κ3) is 2.82. The molecule has 0 unspecified atom stereocenters. The van der Waals surface area contributed by atoms with Gasteiger partial charge >= 0.3 is 101 Å². The summed E-state index contributed by atoms with van der Waals surface area (Å²) in [5, 5.41) is 0. The van der Waals surface area contributed by atoms with Crippen molar-refractivity contribution in [2.45, 2.75) is 0 Å². The first-order valence-electron chi connectivity index (χ1n) is 4.15. The Balaban J connectivity index is 2.16. The van der Waals surface area contributed by atoms with Crippen molar-refractivity contribution < 1.29 is 39.4 Å². The molecule has 0 amide bonds. The summed E-state index contributed by atoms with van der Waals surface area (Å²) in [4.78, 5) is 0. The Morgan fingerprint density at radius 1 is 0.538 bits per heavy atom. The van der Waals surface area contributed by atoms with Crippen LogP contribution < -0.4 is 1.06 Å². The minimum atomic E-state index is -0.906. The molecular formula is C10H10CeN2+2. The number of hydrogen-bond acceptors (Lipinski definition) is 0. The number of hydrogen-bond donors (Lipinski definition) is 0. The fourth-order valence-corrected chi connectivity index (χ4v) is 3.82. The first-order valence-corrected chi connectivity index (χ1v) is 6.96. The van der Waals surface area contributed by atoms with Crippen molar-refractivity contribution in [3.05, 3.63) is 61.2 Å². The standard InChI is InChI=1S/2C5H5N.Ce/c2*1-2-4-6-5-3-1;/h2*1-5H;/q;;+2. The SMILES string of the molecule is c1cc[n+]([Ce][n+]2ccccc2)cc1. The number of aromatic nitrogens is 2. The maximum atomic E-state index is 2.32. The molecule has 0 aliphatic heterocycles. The van der Waals surface area contributed by atoms with E-state index in [1.165, 1.54) is 0 Å². The van der Waals surface area contributed by atoms with E-state index in [1.807, 2.05) is 0 Å². The molecule has 0 N–H and O–H groups in total. The second-order valence-corrected chi connectivity index (χ2v) is 6.54. The first-order chi connectivity index (χ1) is 6.45. The van der Waals surface area contributed by atoms with Crippen LogP contribution in [0.1, 0.15) is 0 Å². The zero-order valence-electron chi connectivity index (χ0n) is 7.17. The Kier molecular flexibility index (Phi) is 3.40. The predicted molar refractivity (Wildman–Crippen MR) is 44.1 cm³/mol. The molecular weight excluding hydrogens is 288 g/mol. The van der Waals surface area contributed by atoms with Crippen LogP contribution in [-0.2, 0) is 0 Å². The van der Waals surface area contributed by atoms with Crippen LogP contribution in [-0.4, -0.2) is 0 Å². The van der Waals surface area contributed by atoms with Crippen LogP contribution in [0.15, 0.2) is 61.2 Å². The van der Waals surface area contributed by atoms with Crippen molar-refractivity contribution in [3.8, 4) is 0 Å². The molecule has 0 saturated heterocycles. The van der Waals surface area contributed by atoms with E-state index >= 15 is 0 Å². The van der Waals surface area contributed by atoms with Crippen molar-refractivity contribution in [2.75, 3.05) is 0 Å². The summed E-state index contributed by atoms with van der Waals surface area (Å²) in [6.07, 6.45) is 8.57. The molecule has 2 nitrogen and oxygen atoms in total. The van der Waals surface area contributed by atoms with E-state index < -0.39 is 38.3 Å². The predicted octanol–water partition coefficient (Wildman–Crippen LogP) is 0.573. The molecule has 3 heteroatoms. The van der Waals surface area contributed by atoms with Crippen molar-refractivity contribution in [3.63, 3.8) is 0 Å². The fourth-order valence-electron chi connectivity index (χ4n) is 1.06. The zero-order valence-corrected chi connectivity index (χ0v) is 10.3. The van der Waals surface area contributed by atoms with Gasteiger partial charge < -0.3 is 0 Å². The Morgan fingerprint density at radius 3 is 1.31 bits per heavy atom. The normalized spacial score (nSPS) is 9.54. The van der Waals surface area contributed by atoms with Gasteiger partial charge in [-0.25, -0.2) is 0 Å². The van der Waals surface area contributed by atoms with Crippen LogP contribution in [0.25, 0.3) is 0 Å². The first kappa shape index (κ1) is 9.24. The van der Waals surface area contributed by atoms with E-state index in [1.54, 1.807) is 0 Å². The van der Waals surface area contributed by atoms with E-state index in [4.69, 9.17) is 0 Å². The Hall–Kier alpha value is -0.323. The molecule has 2 aromatic heterocycles. The summed E-state index contributed by atoms with van der Waals surface area (Å²) in [5.41, 5.74) is 0. The Bertz CT molecular complexity index is 324. The van der Waals surface area contributed by atoms with Crippen molar-refractivity contribution in [1.82, 2.24) is 0 Å². The number of pyridine rings is 2. The molecule has 2 aromatic rings. The topological polar surface area (TPSA) is 7.76 Å². The van der Waals surface area contributed by atoms with E-state index in [2.05, 4.69) is 62.2 Å². The molecule has 62 valence electrons. The van der Waals surface area contributed by atoms with E-state index in [0.29, 0.717) is 0 Å². The summed E-state index contributed by atoms with van der Waals surface area (Å²) < 4.78 is 4.64. The summed E-state index contributed by atoms with van der Waals surface area (Å²) in [7, 11) is 0. The van der Waals surface area contributed by atoms with Gasteiger partial charge in [-0.3, -0.25) is 0 Å². The summed E-state index contributed by atoms with van der Waals surface area (Å²) >= 11 is -0.906. The van der Waals surface area contributed by atoms with Crippen LogP contribution in [0.2, 0.25) is 0 Å². The molecule has 0 aliphatic rings. The van der Waals surface area contributed by atoms with Crippen molar-refractivity contribution in [1.29, 1.82) is 0 Å². The Labute approximate surface area is 99.5 Å². The van der Waals surface area contributed by atoms with Gasteiger partial charge in [0.05, 0.1) is 0 Å². The average molecular weight is 298 g/mol. The van der Waals surface area contributed by atoms with Gasteiger partial charge in [-0.05, 0) is 0 Å². The molecule has 0 aliphatic carbocycles. The molecule has 2 heterocycles. The van der Waals surface area contributed by atoms with Gasteiger partial charge in [0.25, 0.3) is 0 Å². The van der Waals surface area contributed by atoms with E-state index in [-0.39, 0.29) is 0 Å². The molecule has 2 rings (SSSR count). The summed E-state index contributed by atoms with van der Waals surface area (Å²) in [6.45, 7) is 0. The second kappa shape index (κ2) is 4.79. The quantitative estimate of drug-likeness (QED) is 0.766. The van der Waals surface area contributed by atoms with Gasteiger partial charge in [0.1, 0.15) is 0 Å². The molecule has 0 radical (unpaired) electrons. The zero-order chi connectivity index (χ0) is 8.93. The minimum absolute atomic E-state index is 0.906. The fraction of sp³-hybridized carbons (Fsp3) is 0. The molecule has 0 spiro atoms. The van der Waals surface area contributed by atoms with Crippen molar-refractivity contribution >= 4 is 0 Å². The Morgan fingerprint density at radius 2 is 0.923 bits per heavy atom. The molecule has 0 saturated carbocycles. The van der Waals surface area contributed by atoms with E-state index in [9.17, 15) is 0 Å². The molecule has 0 atom stereocenters. The van der Waals surface area contributed by atoms with Gasteiger partial charge in [0.2, 0.25) is 0 Å². The van der Waals surface area contributed by atoms with Crippen molar-refractivity contribution in [2.24, 2.45) is 0 Å². The van der Waals surface area contributed by atoms with Crippen LogP contribution in [0.3, 0.4) is 0 Å². The van der Waals surface area contributed by atoms with Gasteiger partial charge in [0.15, 0.2) is 0 Å². The van der Waals surface area contributed by atoms with Gasteiger partial charge in [-0.15, -0.1) is 0 Å². The van der Waals surface area contributed by atoms with Crippen LogP contribution >= 0.6 is 0 Å². The van der Waals surface area contributed by atoms with Gasteiger partial charge in [-0.2, -0.15) is 0 Å². The average Bonchev–Trinajstić information content (AvgIpc) is 2.21. The third-order valence-electron chi connectivity index (χ3n) is 1.66. The van der Waals surface area contributed by atoms with Gasteiger partial charge in [-0.1, -0.05) is 0 Å². The summed E-state index contributed by atoms with van der Waals surface area (Å²) in [5.74, 6) is 0. The molecule has 0 aromatic carbocycles. The van der Waals surface area contributed by atoms with Crippen LogP contribution in [0.4, 0.5) is 0 Å². The molecule has 13 heavy (non-hydrogen) atoms. The third-order valence-corrected chi connectivity index (χ3v) is 4.98. The monoisotopic (exact) mass is 298 g/mol. The van der Waals surface area contributed by atoms with Gasteiger partial charge in [0, 0.05) is 0 Å². The molecule has 0 bridgehead atoms. The second-order valence-electron chi connectivity index (χ2n) is 2.67. The summed E-state index contributed by atoms with van der Waals surface area (Å²) in [6, 6.07) is 12.4. The maximum absolute atomic E-state index is 2.32. The van der Waals surface area contributed by atoms with Crippen LogP contribution in [0, 0.1) is 38.3 Å². The molecule has 0 fully saturated rings. The van der Waals surface area contributed by atoms with E-state index in [0.717, 1.165) is 0 Å². The van der Waals surface area contributed by atoms with Crippen LogP contribution in [0.5, 0.6) is 0 Å². The number of rotatable bonds is 2. The number of nitrogens with zero attached hydrogens (tertiary/aromatic N) is 2.